The van der Waals surface area contributed by atoms with Crippen LogP contribution < -0.4 is 4.74 Å². The summed E-state index contributed by atoms with van der Waals surface area (Å²) in [6, 6.07) is 5.57. The fraction of sp³-hybridized carbons (Fsp3) is 0.600. The minimum Gasteiger partial charge on any atom is -0.489 e. The maximum atomic E-state index is 9.51. The zero-order chi connectivity index (χ0) is 12.7. The van der Waals surface area contributed by atoms with E-state index in [1.165, 1.54) is 25.7 Å². The van der Waals surface area contributed by atoms with Gasteiger partial charge in [0.15, 0.2) is 0 Å². The van der Waals surface area contributed by atoms with Gasteiger partial charge in [-0.05, 0) is 62.1 Å². The highest BCUT2D eigenvalue weighted by atomic mass is 35.5. The molecule has 0 spiro atoms. The average molecular weight is 267 g/mol. The van der Waals surface area contributed by atoms with Gasteiger partial charge in [-0.15, -0.1) is 0 Å². The third kappa shape index (κ3) is 2.24. The first-order valence-corrected chi connectivity index (χ1v) is 7.15. The Balaban J connectivity index is 1.73. The molecular formula is C15H19ClO2. The van der Waals surface area contributed by atoms with E-state index >= 15 is 0 Å². The van der Waals surface area contributed by atoms with Crippen LogP contribution in [0.1, 0.15) is 44.3 Å². The number of hydrogen-bond acceptors (Lipinski definition) is 2. The van der Waals surface area contributed by atoms with Crippen molar-refractivity contribution >= 4 is 11.6 Å². The van der Waals surface area contributed by atoms with Crippen LogP contribution in [0.3, 0.4) is 0 Å². The Morgan fingerprint density at radius 3 is 2.72 bits per heavy atom. The van der Waals surface area contributed by atoms with E-state index in [1.54, 1.807) is 13.0 Å². The van der Waals surface area contributed by atoms with Crippen LogP contribution in [0.25, 0.3) is 0 Å². The monoisotopic (exact) mass is 266 g/mol. The van der Waals surface area contributed by atoms with Crippen LogP contribution in [0.4, 0.5) is 0 Å². The summed E-state index contributed by atoms with van der Waals surface area (Å²) in [5, 5.41) is 10.1. The Kier molecular flexibility index (Phi) is 3.25. The molecule has 98 valence electrons. The second kappa shape index (κ2) is 4.75. The lowest BCUT2D eigenvalue weighted by atomic mass is 9.98. The van der Waals surface area contributed by atoms with Gasteiger partial charge < -0.3 is 9.84 Å². The second-order valence-electron chi connectivity index (χ2n) is 5.70. The van der Waals surface area contributed by atoms with E-state index in [9.17, 15) is 5.11 Å². The molecule has 2 fully saturated rings. The molecule has 4 unspecified atom stereocenters. The second-order valence-corrected chi connectivity index (χ2v) is 6.10. The van der Waals surface area contributed by atoms with Crippen molar-refractivity contribution in [3.8, 4) is 5.75 Å². The van der Waals surface area contributed by atoms with E-state index in [0.29, 0.717) is 11.1 Å². The van der Waals surface area contributed by atoms with Gasteiger partial charge in [0.2, 0.25) is 0 Å². The maximum Gasteiger partial charge on any atom is 0.138 e. The molecule has 2 aliphatic rings. The molecular weight excluding hydrogens is 248 g/mol. The van der Waals surface area contributed by atoms with Crippen molar-refractivity contribution < 1.29 is 9.84 Å². The average Bonchev–Trinajstić information content (AvgIpc) is 2.93. The van der Waals surface area contributed by atoms with Gasteiger partial charge in [0, 0.05) is 0 Å². The first-order valence-electron chi connectivity index (χ1n) is 6.77. The number of ether oxygens (including phenoxy) is 1. The van der Waals surface area contributed by atoms with E-state index in [0.717, 1.165) is 23.1 Å². The lowest BCUT2D eigenvalue weighted by Gasteiger charge is -2.23. The Hall–Kier alpha value is -0.730. The maximum absolute atomic E-state index is 9.51. The minimum absolute atomic E-state index is 0.346. The number of aliphatic hydroxyl groups excluding tert-OH is 1. The number of hydrogen-bond donors (Lipinski definition) is 1. The van der Waals surface area contributed by atoms with Crippen LogP contribution >= 0.6 is 11.6 Å². The van der Waals surface area contributed by atoms with Crippen LogP contribution in [0, 0.1) is 11.8 Å². The summed E-state index contributed by atoms with van der Waals surface area (Å²) in [6.07, 6.45) is 5.04. The standard InChI is InChI=1S/C15H19ClO2/c1-9(17)11-4-5-14(13(16)8-11)18-15-7-10-2-3-12(15)6-10/h4-5,8-10,12,15,17H,2-3,6-7H2,1H3. The van der Waals surface area contributed by atoms with Gasteiger partial charge in [-0.3, -0.25) is 0 Å². The van der Waals surface area contributed by atoms with Crippen LogP contribution in [0.5, 0.6) is 5.75 Å². The van der Waals surface area contributed by atoms with E-state index in [4.69, 9.17) is 16.3 Å². The molecule has 1 aromatic carbocycles. The SMILES string of the molecule is CC(O)c1ccc(OC2CC3CCC2C3)c(Cl)c1. The van der Waals surface area contributed by atoms with Crippen LogP contribution in [0.2, 0.25) is 5.02 Å². The molecule has 0 amide bonds. The number of fused-ring (bicyclic) bond motifs is 2. The zero-order valence-corrected chi connectivity index (χ0v) is 11.4. The molecule has 18 heavy (non-hydrogen) atoms. The summed E-state index contributed by atoms with van der Waals surface area (Å²) in [5.41, 5.74) is 0.834. The molecule has 1 N–H and O–H groups in total. The van der Waals surface area contributed by atoms with Crippen molar-refractivity contribution in [2.24, 2.45) is 11.8 Å². The predicted octanol–water partition coefficient (Wildman–Crippen LogP) is 3.96. The Labute approximate surface area is 113 Å². The molecule has 4 atom stereocenters. The Bertz CT molecular complexity index is 444. The predicted molar refractivity (Wildman–Crippen MR) is 71.9 cm³/mol. The van der Waals surface area contributed by atoms with E-state index in [2.05, 4.69) is 0 Å². The minimum atomic E-state index is -0.487. The molecule has 2 nitrogen and oxygen atoms in total. The Morgan fingerprint density at radius 1 is 1.33 bits per heavy atom. The van der Waals surface area contributed by atoms with Crippen molar-refractivity contribution in [2.45, 2.75) is 44.8 Å². The number of aliphatic hydroxyl groups is 1. The summed E-state index contributed by atoms with van der Waals surface area (Å²) in [5.74, 6) is 2.36. The molecule has 0 heterocycles. The molecule has 1 aromatic rings. The third-order valence-electron chi connectivity index (χ3n) is 4.39. The highest BCUT2D eigenvalue weighted by molar-refractivity contribution is 6.32. The molecule has 0 aromatic heterocycles. The molecule has 2 bridgehead atoms. The largest absolute Gasteiger partial charge is 0.489 e. The lowest BCUT2D eigenvalue weighted by molar-refractivity contribution is 0.138. The summed E-state index contributed by atoms with van der Waals surface area (Å²) >= 11 is 6.22. The molecule has 2 saturated carbocycles. The number of halogens is 1. The van der Waals surface area contributed by atoms with Crippen LogP contribution in [-0.2, 0) is 0 Å². The van der Waals surface area contributed by atoms with Gasteiger partial charge in [-0.1, -0.05) is 17.7 Å². The van der Waals surface area contributed by atoms with Crippen molar-refractivity contribution in [3.05, 3.63) is 28.8 Å². The van der Waals surface area contributed by atoms with Crippen molar-refractivity contribution in [2.75, 3.05) is 0 Å². The van der Waals surface area contributed by atoms with Gasteiger partial charge in [0.05, 0.1) is 11.1 Å². The van der Waals surface area contributed by atoms with Crippen molar-refractivity contribution in [1.82, 2.24) is 0 Å². The quantitative estimate of drug-likeness (QED) is 0.897. The third-order valence-corrected chi connectivity index (χ3v) is 4.69. The molecule has 0 radical (unpaired) electrons. The smallest absolute Gasteiger partial charge is 0.138 e. The fourth-order valence-corrected chi connectivity index (χ4v) is 3.60. The number of rotatable bonds is 3. The zero-order valence-electron chi connectivity index (χ0n) is 10.6. The fourth-order valence-electron chi connectivity index (χ4n) is 3.37. The van der Waals surface area contributed by atoms with Crippen molar-refractivity contribution in [1.29, 1.82) is 0 Å². The molecule has 3 rings (SSSR count). The summed E-state index contributed by atoms with van der Waals surface area (Å²) in [4.78, 5) is 0. The first-order chi connectivity index (χ1) is 8.63. The topological polar surface area (TPSA) is 29.5 Å². The lowest BCUT2D eigenvalue weighted by Crippen LogP contribution is -2.23. The normalized spacial score (nSPS) is 31.6. The highest BCUT2D eigenvalue weighted by Crippen LogP contribution is 2.46. The molecule has 2 aliphatic carbocycles. The van der Waals surface area contributed by atoms with Gasteiger partial charge in [0.25, 0.3) is 0 Å². The summed E-state index contributed by atoms with van der Waals surface area (Å²) in [7, 11) is 0. The summed E-state index contributed by atoms with van der Waals surface area (Å²) in [6.45, 7) is 1.74. The number of benzene rings is 1. The van der Waals surface area contributed by atoms with E-state index in [-0.39, 0.29) is 0 Å². The Morgan fingerprint density at radius 2 is 2.17 bits per heavy atom. The first kappa shape index (κ1) is 12.3. The molecule has 3 heteroatoms. The van der Waals surface area contributed by atoms with E-state index in [1.807, 2.05) is 12.1 Å². The van der Waals surface area contributed by atoms with Crippen LogP contribution in [0.15, 0.2) is 18.2 Å². The van der Waals surface area contributed by atoms with Gasteiger partial charge in [-0.2, -0.15) is 0 Å². The van der Waals surface area contributed by atoms with Gasteiger partial charge in [0.1, 0.15) is 11.9 Å². The summed E-state index contributed by atoms with van der Waals surface area (Å²) < 4.78 is 6.06. The molecule has 0 saturated heterocycles. The van der Waals surface area contributed by atoms with Crippen molar-refractivity contribution in [3.63, 3.8) is 0 Å². The van der Waals surface area contributed by atoms with Crippen LogP contribution in [-0.4, -0.2) is 11.2 Å². The van der Waals surface area contributed by atoms with Gasteiger partial charge in [-0.25, -0.2) is 0 Å². The molecule has 0 aliphatic heterocycles. The van der Waals surface area contributed by atoms with Gasteiger partial charge >= 0.3 is 0 Å². The van der Waals surface area contributed by atoms with E-state index < -0.39 is 6.10 Å². The highest BCUT2D eigenvalue weighted by Gasteiger charge is 2.41.